The lowest BCUT2D eigenvalue weighted by molar-refractivity contribution is -0.146. The average molecular weight is 283 g/mol. The standard InChI is InChI=1S/C14H25N3O3/c1-20-14(19)11-4-5-15-9-12(8-11)16-13(18)10-17-6-2-3-7-17/h11-12,15H,2-10H2,1H3,(H,16,18). The molecular formula is C14H25N3O3. The largest absolute Gasteiger partial charge is 0.469 e. The minimum absolute atomic E-state index is 0.0108. The predicted octanol–water partition coefficient (Wildman–Crippen LogP) is -0.260. The van der Waals surface area contributed by atoms with Crippen molar-refractivity contribution in [1.29, 1.82) is 0 Å². The van der Waals surface area contributed by atoms with Gasteiger partial charge in [-0.05, 0) is 45.3 Å². The van der Waals surface area contributed by atoms with E-state index in [1.165, 1.54) is 20.0 Å². The summed E-state index contributed by atoms with van der Waals surface area (Å²) < 4.78 is 4.82. The summed E-state index contributed by atoms with van der Waals surface area (Å²) in [6, 6.07) is 0.0108. The van der Waals surface area contributed by atoms with Crippen molar-refractivity contribution in [3.05, 3.63) is 0 Å². The van der Waals surface area contributed by atoms with Gasteiger partial charge in [0.1, 0.15) is 0 Å². The lowest BCUT2D eigenvalue weighted by atomic mass is 9.98. The highest BCUT2D eigenvalue weighted by Gasteiger charge is 2.27. The van der Waals surface area contributed by atoms with Crippen molar-refractivity contribution in [2.24, 2.45) is 5.92 Å². The quantitative estimate of drug-likeness (QED) is 0.696. The van der Waals surface area contributed by atoms with Crippen LogP contribution in [0.15, 0.2) is 0 Å². The molecule has 0 aliphatic carbocycles. The highest BCUT2D eigenvalue weighted by Crippen LogP contribution is 2.15. The molecule has 2 saturated heterocycles. The molecule has 1 amide bonds. The summed E-state index contributed by atoms with van der Waals surface area (Å²) in [5.41, 5.74) is 0. The van der Waals surface area contributed by atoms with E-state index >= 15 is 0 Å². The molecule has 2 heterocycles. The predicted molar refractivity (Wildman–Crippen MR) is 75.2 cm³/mol. The van der Waals surface area contributed by atoms with Gasteiger partial charge < -0.3 is 15.4 Å². The molecule has 0 aromatic rings. The summed E-state index contributed by atoms with van der Waals surface area (Å²) in [7, 11) is 1.42. The number of amides is 1. The fourth-order valence-corrected chi connectivity index (χ4v) is 3.01. The monoisotopic (exact) mass is 283 g/mol. The Morgan fingerprint density at radius 2 is 2.10 bits per heavy atom. The number of esters is 1. The molecule has 2 rings (SSSR count). The molecule has 2 fully saturated rings. The molecule has 2 aliphatic rings. The van der Waals surface area contributed by atoms with E-state index in [-0.39, 0.29) is 23.8 Å². The number of nitrogens with one attached hydrogen (secondary N) is 2. The van der Waals surface area contributed by atoms with Gasteiger partial charge in [-0.15, -0.1) is 0 Å². The number of hydrogen-bond acceptors (Lipinski definition) is 5. The zero-order chi connectivity index (χ0) is 14.4. The number of likely N-dealkylation sites (tertiary alicyclic amines) is 1. The molecule has 6 heteroatoms. The van der Waals surface area contributed by atoms with Crippen LogP contribution in [0.5, 0.6) is 0 Å². The van der Waals surface area contributed by atoms with Gasteiger partial charge in [-0.3, -0.25) is 14.5 Å². The van der Waals surface area contributed by atoms with Crippen LogP contribution in [0, 0.1) is 5.92 Å². The summed E-state index contributed by atoms with van der Waals surface area (Å²) in [5.74, 6) is -0.233. The Labute approximate surface area is 120 Å². The molecule has 0 aromatic carbocycles. The summed E-state index contributed by atoms with van der Waals surface area (Å²) in [4.78, 5) is 25.9. The minimum atomic E-state index is -0.174. The third kappa shape index (κ3) is 4.45. The van der Waals surface area contributed by atoms with Gasteiger partial charge in [0.15, 0.2) is 0 Å². The maximum absolute atomic E-state index is 12.0. The van der Waals surface area contributed by atoms with E-state index < -0.39 is 0 Å². The van der Waals surface area contributed by atoms with Crippen molar-refractivity contribution in [2.75, 3.05) is 39.8 Å². The molecule has 2 atom stereocenters. The van der Waals surface area contributed by atoms with E-state index in [2.05, 4.69) is 15.5 Å². The number of ether oxygens (including phenoxy) is 1. The van der Waals surface area contributed by atoms with Gasteiger partial charge in [-0.1, -0.05) is 0 Å². The van der Waals surface area contributed by atoms with E-state index in [1.807, 2.05) is 0 Å². The average Bonchev–Trinajstić information content (AvgIpc) is 2.82. The van der Waals surface area contributed by atoms with Gasteiger partial charge in [0.05, 0.1) is 19.6 Å². The van der Waals surface area contributed by atoms with E-state index in [0.29, 0.717) is 13.0 Å². The van der Waals surface area contributed by atoms with E-state index in [9.17, 15) is 9.59 Å². The first-order valence-electron chi connectivity index (χ1n) is 7.49. The van der Waals surface area contributed by atoms with Crippen molar-refractivity contribution >= 4 is 11.9 Å². The van der Waals surface area contributed by atoms with Crippen LogP contribution in [0.1, 0.15) is 25.7 Å². The van der Waals surface area contributed by atoms with Gasteiger partial charge in [0.25, 0.3) is 0 Å². The summed E-state index contributed by atoms with van der Waals surface area (Å²) in [5, 5.41) is 6.31. The summed E-state index contributed by atoms with van der Waals surface area (Å²) in [6.45, 7) is 4.01. The summed E-state index contributed by atoms with van der Waals surface area (Å²) >= 11 is 0. The van der Waals surface area contributed by atoms with Crippen molar-refractivity contribution in [3.8, 4) is 0 Å². The smallest absolute Gasteiger partial charge is 0.308 e. The maximum Gasteiger partial charge on any atom is 0.308 e. The van der Waals surface area contributed by atoms with E-state index in [1.54, 1.807) is 0 Å². The van der Waals surface area contributed by atoms with Gasteiger partial charge in [-0.25, -0.2) is 0 Å². The Kier molecular flexibility index (Phi) is 5.79. The van der Waals surface area contributed by atoms with Crippen LogP contribution in [-0.4, -0.2) is 62.7 Å². The topological polar surface area (TPSA) is 70.7 Å². The summed E-state index contributed by atoms with van der Waals surface area (Å²) in [6.07, 6.45) is 3.79. The lowest BCUT2D eigenvalue weighted by Crippen LogP contribution is -2.45. The van der Waals surface area contributed by atoms with Crippen LogP contribution in [0.25, 0.3) is 0 Å². The van der Waals surface area contributed by atoms with Crippen LogP contribution in [-0.2, 0) is 14.3 Å². The second-order valence-electron chi connectivity index (χ2n) is 5.70. The number of carbonyl (C=O) groups excluding carboxylic acids is 2. The van der Waals surface area contributed by atoms with E-state index in [4.69, 9.17) is 4.74 Å². The maximum atomic E-state index is 12.0. The molecule has 0 aromatic heterocycles. The molecule has 6 nitrogen and oxygen atoms in total. The van der Waals surface area contributed by atoms with Crippen LogP contribution in [0.4, 0.5) is 0 Å². The first-order chi connectivity index (χ1) is 9.69. The van der Waals surface area contributed by atoms with Gasteiger partial charge in [0.2, 0.25) is 5.91 Å². The SMILES string of the molecule is COC(=O)C1CCNCC(NC(=O)CN2CCCC2)C1. The molecule has 2 aliphatic heterocycles. The van der Waals surface area contributed by atoms with Gasteiger partial charge in [-0.2, -0.15) is 0 Å². The normalized spacial score (nSPS) is 27.9. The molecule has 0 radical (unpaired) electrons. The van der Waals surface area contributed by atoms with Crippen LogP contribution >= 0.6 is 0 Å². The fourth-order valence-electron chi connectivity index (χ4n) is 3.01. The van der Waals surface area contributed by atoms with Crippen LogP contribution in [0.2, 0.25) is 0 Å². The molecule has 114 valence electrons. The van der Waals surface area contributed by atoms with Crippen molar-refractivity contribution in [1.82, 2.24) is 15.5 Å². The number of hydrogen-bond donors (Lipinski definition) is 2. The highest BCUT2D eigenvalue weighted by atomic mass is 16.5. The minimum Gasteiger partial charge on any atom is -0.469 e. The van der Waals surface area contributed by atoms with Crippen molar-refractivity contribution < 1.29 is 14.3 Å². The number of rotatable bonds is 4. The molecule has 2 unspecified atom stereocenters. The first kappa shape index (κ1) is 15.3. The first-order valence-corrected chi connectivity index (χ1v) is 7.49. The van der Waals surface area contributed by atoms with E-state index in [0.717, 1.165) is 32.6 Å². The fraction of sp³-hybridized carbons (Fsp3) is 0.857. The lowest BCUT2D eigenvalue weighted by Gasteiger charge is -2.21. The molecule has 0 saturated carbocycles. The Hall–Kier alpha value is -1.14. The highest BCUT2D eigenvalue weighted by molar-refractivity contribution is 5.78. The van der Waals surface area contributed by atoms with Crippen LogP contribution < -0.4 is 10.6 Å². The molecule has 20 heavy (non-hydrogen) atoms. The zero-order valence-electron chi connectivity index (χ0n) is 12.2. The molecular weight excluding hydrogens is 258 g/mol. The Morgan fingerprint density at radius 1 is 1.35 bits per heavy atom. The Bertz CT molecular complexity index is 343. The molecule has 2 N–H and O–H groups in total. The third-order valence-electron chi connectivity index (χ3n) is 4.09. The third-order valence-corrected chi connectivity index (χ3v) is 4.09. The van der Waals surface area contributed by atoms with Crippen LogP contribution in [0.3, 0.4) is 0 Å². The van der Waals surface area contributed by atoms with Gasteiger partial charge >= 0.3 is 5.97 Å². The van der Waals surface area contributed by atoms with Crippen molar-refractivity contribution in [3.63, 3.8) is 0 Å². The molecule has 0 spiro atoms. The van der Waals surface area contributed by atoms with Gasteiger partial charge in [0, 0.05) is 12.6 Å². The number of methoxy groups -OCH3 is 1. The Morgan fingerprint density at radius 3 is 2.80 bits per heavy atom. The van der Waals surface area contributed by atoms with Crippen molar-refractivity contribution in [2.45, 2.75) is 31.7 Å². The second kappa shape index (κ2) is 7.59. The molecule has 0 bridgehead atoms. The second-order valence-corrected chi connectivity index (χ2v) is 5.70. The Balaban J connectivity index is 1.80. The number of nitrogens with zero attached hydrogens (tertiary/aromatic N) is 1. The zero-order valence-corrected chi connectivity index (χ0v) is 12.2. The number of carbonyl (C=O) groups is 2.